The molecule has 3 rings (SSSR count). The van der Waals surface area contributed by atoms with Crippen LogP contribution in [-0.4, -0.2) is 46.0 Å². The molecule has 1 aromatic carbocycles. The van der Waals surface area contributed by atoms with Gasteiger partial charge in [0, 0.05) is 37.9 Å². The second kappa shape index (κ2) is 8.51. The van der Waals surface area contributed by atoms with Crippen molar-refractivity contribution in [3.8, 4) is 0 Å². The lowest BCUT2D eigenvalue weighted by Crippen LogP contribution is -2.45. The normalized spacial score (nSPS) is 17.1. The van der Waals surface area contributed by atoms with E-state index in [1.807, 2.05) is 23.1 Å². The van der Waals surface area contributed by atoms with Crippen LogP contribution in [0.25, 0.3) is 0 Å². The summed E-state index contributed by atoms with van der Waals surface area (Å²) in [5.74, 6) is 0.555. The van der Waals surface area contributed by atoms with Gasteiger partial charge in [0.15, 0.2) is 0 Å². The molecule has 1 aliphatic rings. The second-order valence-corrected chi connectivity index (χ2v) is 6.63. The molecule has 1 fully saturated rings. The standard InChI is InChI=1S/C19H25N5O2/c20-17(25)14-23-12-10-21-18(23)16-7-4-11-24(13-16)19(26)22-9-8-15-5-2-1-3-6-15/h1-3,5-6,10,12,16H,4,7-9,11,13-14H2,(H2,20,25)(H,22,26). The Kier molecular flexibility index (Phi) is 5.88. The maximum absolute atomic E-state index is 12.5. The molecule has 1 saturated heterocycles. The summed E-state index contributed by atoms with van der Waals surface area (Å²) in [6, 6.07) is 10.1. The van der Waals surface area contributed by atoms with Gasteiger partial charge in [-0.3, -0.25) is 4.79 Å². The van der Waals surface area contributed by atoms with E-state index in [0.29, 0.717) is 13.1 Å². The van der Waals surface area contributed by atoms with Crippen molar-refractivity contribution in [1.82, 2.24) is 19.8 Å². The van der Waals surface area contributed by atoms with Crippen molar-refractivity contribution in [3.63, 3.8) is 0 Å². The lowest BCUT2D eigenvalue weighted by molar-refractivity contribution is -0.118. The average Bonchev–Trinajstić information content (AvgIpc) is 3.10. The summed E-state index contributed by atoms with van der Waals surface area (Å²) >= 11 is 0. The zero-order chi connectivity index (χ0) is 18.4. The minimum Gasteiger partial charge on any atom is -0.368 e. The predicted molar refractivity (Wildman–Crippen MR) is 98.5 cm³/mol. The highest BCUT2D eigenvalue weighted by molar-refractivity contribution is 5.74. The number of urea groups is 1. The molecule has 3 N–H and O–H groups in total. The van der Waals surface area contributed by atoms with Crippen LogP contribution in [0.1, 0.15) is 30.1 Å². The van der Waals surface area contributed by atoms with Gasteiger partial charge in [-0.1, -0.05) is 30.3 Å². The minimum atomic E-state index is -0.393. The number of hydrogen-bond acceptors (Lipinski definition) is 3. The fourth-order valence-corrected chi connectivity index (χ4v) is 3.42. The summed E-state index contributed by atoms with van der Waals surface area (Å²) in [4.78, 5) is 29.9. The van der Waals surface area contributed by atoms with Gasteiger partial charge < -0.3 is 20.5 Å². The maximum Gasteiger partial charge on any atom is 0.317 e. The number of nitrogens with two attached hydrogens (primary N) is 1. The third-order valence-electron chi connectivity index (χ3n) is 4.68. The van der Waals surface area contributed by atoms with E-state index in [1.54, 1.807) is 17.0 Å². The molecule has 1 atom stereocenters. The number of piperidine rings is 1. The van der Waals surface area contributed by atoms with E-state index >= 15 is 0 Å². The van der Waals surface area contributed by atoms with Crippen molar-refractivity contribution >= 4 is 11.9 Å². The Morgan fingerprint density at radius 3 is 2.85 bits per heavy atom. The number of nitrogens with one attached hydrogen (secondary N) is 1. The molecule has 0 bridgehead atoms. The lowest BCUT2D eigenvalue weighted by atomic mass is 9.97. The van der Waals surface area contributed by atoms with Gasteiger partial charge in [0.05, 0.1) is 0 Å². The molecule has 0 aliphatic carbocycles. The molecule has 2 heterocycles. The van der Waals surface area contributed by atoms with Crippen molar-refractivity contribution in [1.29, 1.82) is 0 Å². The molecule has 1 unspecified atom stereocenters. The Hall–Kier alpha value is -2.83. The van der Waals surface area contributed by atoms with E-state index in [9.17, 15) is 9.59 Å². The maximum atomic E-state index is 12.5. The lowest BCUT2D eigenvalue weighted by Gasteiger charge is -2.32. The molecule has 7 nitrogen and oxygen atoms in total. The molecule has 1 aromatic heterocycles. The number of hydrogen-bond donors (Lipinski definition) is 2. The zero-order valence-corrected chi connectivity index (χ0v) is 14.8. The summed E-state index contributed by atoms with van der Waals surface area (Å²) in [6.07, 6.45) is 6.12. The van der Waals surface area contributed by atoms with Crippen molar-refractivity contribution in [2.75, 3.05) is 19.6 Å². The highest BCUT2D eigenvalue weighted by atomic mass is 16.2. The first-order valence-electron chi connectivity index (χ1n) is 8.99. The van der Waals surface area contributed by atoms with Gasteiger partial charge >= 0.3 is 6.03 Å². The zero-order valence-electron chi connectivity index (χ0n) is 14.8. The quantitative estimate of drug-likeness (QED) is 0.822. The Bertz CT molecular complexity index is 743. The number of imidazole rings is 1. The molecular weight excluding hydrogens is 330 g/mol. The molecule has 138 valence electrons. The van der Waals surface area contributed by atoms with Crippen LogP contribution in [-0.2, 0) is 17.8 Å². The van der Waals surface area contributed by atoms with Gasteiger partial charge in [-0.15, -0.1) is 0 Å². The summed E-state index contributed by atoms with van der Waals surface area (Å²) < 4.78 is 1.78. The number of rotatable bonds is 6. The number of likely N-dealkylation sites (tertiary alicyclic amines) is 1. The Labute approximate surface area is 153 Å². The number of benzene rings is 1. The summed E-state index contributed by atoms with van der Waals surface area (Å²) in [7, 11) is 0. The van der Waals surface area contributed by atoms with Gasteiger partial charge in [0.1, 0.15) is 12.4 Å². The fourth-order valence-electron chi connectivity index (χ4n) is 3.42. The van der Waals surface area contributed by atoms with Crippen LogP contribution < -0.4 is 11.1 Å². The number of carbonyl (C=O) groups is 2. The Balaban J connectivity index is 1.54. The average molecular weight is 355 g/mol. The van der Waals surface area contributed by atoms with Gasteiger partial charge in [0.2, 0.25) is 5.91 Å². The molecular formula is C19H25N5O2. The summed E-state index contributed by atoms with van der Waals surface area (Å²) in [6.45, 7) is 2.08. The first-order chi connectivity index (χ1) is 12.6. The second-order valence-electron chi connectivity index (χ2n) is 6.63. The van der Waals surface area contributed by atoms with Crippen LogP contribution >= 0.6 is 0 Å². The molecule has 7 heteroatoms. The smallest absolute Gasteiger partial charge is 0.317 e. The van der Waals surface area contributed by atoms with Gasteiger partial charge in [-0.2, -0.15) is 0 Å². The van der Waals surface area contributed by atoms with Gasteiger partial charge in [-0.05, 0) is 24.8 Å². The van der Waals surface area contributed by atoms with E-state index in [4.69, 9.17) is 5.73 Å². The van der Waals surface area contributed by atoms with Crippen LogP contribution in [0.3, 0.4) is 0 Å². The number of amides is 3. The SMILES string of the molecule is NC(=O)Cn1ccnc1C1CCCN(C(=O)NCCc2ccccc2)C1. The van der Waals surface area contributed by atoms with Crippen LogP contribution in [0, 0.1) is 0 Å². The third-order valence-corrected chi connectivity index (χ3v) is 4.68. The van der Waals surface area contributed by atoms with Crippen molar-refractivity contribution < 1.29 is 9.59 Å². The summed E-state index contributed by atoms with van der Waals surface area (Å²) in [5.41, 5.74) is 6.50. The fraction of sp³-hybridized carbons (Fsp3) is 0.421. The van der Waals surface area contributed by atoms with E-state index < -0.39 is 5.91 Å². The predicted octanol–water partition coefficient (Wildman–Crippen LogP) is 1.50. The topological polar surface area (TPSA) is 93.2 Å². The number of carbonyl (C=O) groups excluding carboxylic acids is 2. The highest BCUT2D eigenvalue weighted by Crippen LogP contribution is 2.25. The Morgan fingerprint density at radius 2 is 2.08 bits per heavy atom. The molecule has 2 aromatic rings. The van der Waals surface area contributed by atoms with Gasteiger partial charge in [-0.25, -0.2) is 9.78 Å². The summed E-state index contributed by atoms with van der Waals surface area (Å²) in [5, 5.41) is 3.00. The monoisotopic (exact) mass is 355 g/mol. The van der Waals surface area contributed by atoms with E-state index in [2.05, 4.69) is 22.4 Å². The van der Waals surface area contributed by atoms with Gasteiger partial charge in [0.25, 0.3) is 0 Å². The van der Waals surface area contributed by atoms with Crippen molar-refractivity contribution in [2.24, 2.45) is 5.73 Å². The first-order valence-corrected chi connectivity index (χ1v) is 8.99. The van der Waals surface area contributed by atoms with Crippen LogP contribution in [0.2, 0.25) is 0 Å². The Morgan fingerprint density at radius 1 is 1.27 bits per heavy atom. The van der Waals surface area contributed by atoms with Crippen LogP contribution in [0.4, 0.5) is 4.79 Å². The van der Waals surface area contributed by atoms with Crippen LogP contribution in [0.15, 0.2) is 42.7 Å². The molecule has 0 spiro atoms. The van der Waals surface area contributed by atoms with E-state index in [1.165, 1.54) is 5.56 Å². The largest absolute Gasteiger partial charge is 0.368 e. The third kappa shape index (κ3) is 4.62. The molecule has 3 amide bonds. The minimum absolute atomic E-state index is 0.0429. The highest BCUT2D eigenvalue weighted by Gasteiger charge is 2.27. The molecule has 0 radical (unpaired) electrons. The number of primary amides is 1. The van der Waals surface area contributed by atoms with E-state index in [-0.39, 0.29) is 18.5 Å². The van der Waals surface area contributed by atoms with Crippen LogP contribution in [0.5, 0.6) is 0 Å². The van der Waals surface area contributed by atoms with Crippen molar-refractivity contribution in [2.45, 2.75) is 31.7 Å². The van der Waals surface area contributed by atoms with Crippen molar-refractivity contribution in [3.05, 3.63) is 54.1 Å². The number of nitrogens with zero attached hydrogens (tertiary/aromatic N) is 3. The molecule has 1 aliphatic heterocycles. The number of aromatic nitrogens is 2. The van der Waals surface area contributed by atoms with E-state index in [0.717, 1.165) is 31.6 Å². The first kappa shape index (κ1) is 18.0. The molecule has 0 saturated carbocycles. The molecule has 26 heavy (non-hydrogen) atoms.